The molecule has 0 aliphatic carbocycles. The zero-order valence-corrected chi connectivity index (χ0v) is 8.86. The summed E-state index contributed by atoms with van der Waals surface area (Å²) in [6.45, 7) is 0. The molecule has 0 rings (SSSR count). The maximum absolute atomic E-state index is 8.52. The molecule has 0 fully saturated rings. The number of hydrogen-bond donors (Lipinski definition) is 0. The predicted octanol–water partition coefficient (Wildman–Crippen LogP) is -9.28. The van der Waals surface area contributed by atoms with Crippen molar-refractivity contribution in [1.82, 2.24) is 0 Å². The molecule has 12 heteroatoms. The Morgan fingerprint density at radius 1 is 0.667 bits per heavy atom. The first-order valence-electron chi connectivity index (χ1n) is 0.667. The van der Waals surface area contributed by atoms with Gasteiger partial charge in [0.1, 0.15) is 0 Å². The minimum Gasteiger partial charge on any atom is -0.759 e. The maximum atomic E-state index is 8.52. The van der Waals surface area contributed by atoms with Gasteiger partial charge in [-0.3, -0.25) is 8.42 Å². The van der Waals surface area contributed by atoms with Crippen LogP contribution >= 0.6 is 0 Å². The molecule has 0 atom stereocenters. The molecule has 0 aliphatic heterocycles. The molecule has 12 N–H and O–H groups in total. The van der Waals surface area contributed by atoms with E-state index in [1.807, 2.05) is 0 Å². The van der Waals surface area contributed by atoms with Crippen molar-refractivity contribution < 1.29 is 79.9 Å². The molecule has 0 aromatic rings. The number of hydrogen-bond acceptors (Lipinski definition) is 4. The van der Waals surface area contributed by atoms with E-state index in [2.05, 4.69) is 0 Å². The Morgan fingerprint density at radius 2 is 0.667 bits per heavy atom. The van der Waals surface area contributed by atoms with Crippen molar-refractivity contribution in [2.45, 2.75) is 0 Å². The summed E-state index contributed by atoms with van der Waals surface area (Å²) < 4.78 is 34.1. The van der Waals surface area contributed by atoms with Crippen molar-refractivity contribution in [3.63, 3.8) is 0 Å². The van der Waals surface area contributed by atoms with Crippen molar-refractivity contribution in [1.29, 1.82) is 0 Å². The summed E-state index contributed by atoms with van der Waals surface area (Å²) in [7, 11) is -5.17. The first-order chi connectivity index (χ1) is 2.00. The third kappa shape index (κ3) is 2480. The van der Waals surface area contributed by atoms with Gasteiger partial charge in [-0.1, -0.05) is 0 Å². The molecule has 0 unspecified atom stereocenters. The van der Waals surface area contributed by atoms with Crippen LogP contribution in [0.15, 0.2) is 0 Å². The summed E-state index contributed by atoms with van der Waals surface area (Å²) in [5, 5.41) is 0. The Morgan fingerprint density at radius 3 is 0.667 bits per heavy atom. The van der Waals surface area contributed by atoms with Gasteiger partial charge in [0.25, 0.3) is 0 Å². The van der Waals surface area contributed by atoms with Crippen molar-refractivity contribution in [2.24, 2.45) is 0 Å². The fourth-order valence-corrected chi connectivity index (χ4v) is 0. The van der Waals surface area contributed by atoms with Crippen molar-refractivity contribution >= 4 is 10.4 Å². The van der Waals surface area contributed by atoms with Crippen LogP contribution in [0.4, 0.5) is 0 Å². The fraction of sp³-hybridized carbons (Fsp3) is 0. The van der Waals surface area contributed by atoms with Gasteiger partial charge in [0.15, 0.2) is 0 Å². The molecular formula is H12NaO10S-. The normalized spacial score (nSPS) is 4.83. The summed E-state index contributed by atoms with van der Waals surface area (Å²) in [5.74, 6) is 0. The van der Waals surface area contributed by atoms with Crippen molar-refractivity contribution in [2.75, 3.05) is 0 Å². The van der Waals surface area contributed by atoms with E-state index >= 15 is 0 Å². The van der Waals surface area contributed by atoms with E-state index in [-0.39, 0.29) is 62.4 Å². The van der Waals surface area contributed by atoms with Crippen LogP contribution in [-0.2, 0) is 10.4 Å². The zero-order chi connectivity index (χ0) is 4.50. The summed E-state index contributed by atoms with van der Waals surface area (Å²) >= 11 is 0. The second-order valence-corrected chi connectivity index (χ2v) is 1.22. The molecule has 0 spiro atoms. The molecular weight excluding hydrogens is 215 g/mol. The van der Waals surface area contributed by atoms with Gasteiger partial charge < -0.3 is 42.0 Å². The standard InChI is InChI=1S/Na.H2O4S.6H2O/c;1-5(2,3)4;;;;;;/h;(H2,1,2,3,4);6*1H2/q+1;;;;;;;/p-2. The van der Waals surface area contributed by atoms with E-state index in [0.717, 1.165) is 0 Å². The molecule has 0 radical (unpaired) electrons. The third-order valence-corrected chi connectivity index (χ3v) is 0. The minimum absolute atomic E-state index is 0. The zero-order valence-electron chi connectivity index (χ0n) is 6.04. The molecule has 10 nitrogen and oxygen atoms in total. The van der Waals surface area contributed by atoms with E-state index in [0.29, 0.717) is 0 Å². The first-order valence-corrected chi connectivity index (χ1v) is 2.00. The summed E-state index contributed by atoms with van der Waals surface area (Å²) in [6, 6.07) is 0. The Bertz CT molecular complexity index is 93.0. The molecule has 0 saturated carbocycles. The van der Waals surface area contributed by atoms with Crippen LogP contribution in [0, 0.1) is 0 Å². The Kier molecular flexibility index (Phi) is 199. The molecule has 0 saturated heterocycles. The fourth-order valence-electron chi connectivity index (χ4n) is 0. The third-order valence-electron chi connectivity index (χ3n) is 0. The molecule has 0 heterocycles. The van der Waals surface area contributed by atoms with Gasteiger partial charge in [-0.05, 0) is 0 Å². The number of rotatable bonds is 0. The average Bonchev–Trinajstić information content (AvgIpc) is 0.722. The molecule has 80 valence electrons. The predicted molar refractivity (Wildman–Crippen MR) is 32.2 cm³/mol. The molecule has 12 heavy (non-hydrogen) atoms. The summed E-state index contributed by atoms with van der Waals surface area (Å²) in [4.78, 5) is 0. The Balaban J connectivity index is -0.00000000381. The minimum atomic E-state index is -5.17. The SMILES string of the molecule is O.O.O.O.O.O.O=S(=O)([O-])[O-].[Na+]. The summed E-state index contributed by atoms with van der Waals surface area (Å²) in [5.41, 5.74) is 0. The van der Waals surface area contributed by atoms with Gasteiger partial charge in [-0.15, -0.1) is 0 Å². The van der Waals surface area contributed by atoms with Crippen LogP contribution in [-0.4, -0.2) is 50.4 Å². The quantitative estimate of drug-likeness (QED) is 0.221. The molecule has 0 aromatic carbocycles. The molecule has 0 bridgehead atoms. The van der Waals surface area contributed by atoms with Crippen molar-refractivity contribution in [3.8, 4) is 0 Å². The van der Waals surface area contributed by atoms with Crippen molar-refractivity contribution in [3.05, 3.63) is 0 Å². The van der Waals surface area contributed by atoms with Gasteiger partial charge in [0, 0.05) is 10.4 Å². The van der Waals surface area contributed by atoms with Crippen LogP contribution < -0.4 is 29.6 Å². The van der Waals surface area contributed by atoms with Gasteiger partial charge in [0.2, 0.25) is 0 Å². The van der Waals surface area contributed by atoms with Crippen LogP contribution in [0.25, 0.3) is 0 Å². The van der Waals surface area contributed by atoms with Gasteiger partial charge in [-0.2, -0.15) is 0 Å². The second-order valence-electron chi connectivity index (χ2n) is 0.408. The first kappa shape index (κ1) is 79.7. The van der Waals surface area contributed by atoms with Crippen LogP contribution in [0.3, 0.4) is 0 Å². The Hall–Kier alpha value is 0.630. The molecule has 0 aromatic heterocycles. The van der Waals surface area contributed by atoms with Crippen LogP contribution in [0.1, 0.15) is 0 Å². The summed E-state index contributed by atoms with van der Waals surface area (Å²) in [6.07, 6.45) is 0. The average molecular weight is 227 g/mol. The van der Waals surface area contributed by atoms with E-state index in [9.17, 15) is 0 Å². The van der Waals surface area contributed by atoms with E-state index in [1.165, 1.54) is 0 Å². The van der Waals surface area contributed by atoms with E-state index < -0.39 is 10.4 Å². The monoisotopic (exact) mass is 227 g/mol. The maximum Gasteiger partial charge on any atom is 1.00 e. The van der Waals surface area contributed by atoms with Gasteiger partial charge >= 0.3 is 29.6 Å². The topological polar surface area (TPSA) is 269 Å². The largest absolute Gasteiger partial charge is 1.00 e. The smallest absolute Gasteiger partial charge is 0.759 e. The second kappa shape index (κ2) is 29.9. The molecule has 0 amide bonds. The van der Waals surface area contributed by atoms with Gasteiger partial charge in [0.05, 0.1) is 0 Å². The van der Waals surface area contributed by atoms with E-state index in [4.69, 9.17) is 17.5 Å². The van der Waals surface area contributed by atoms with Crippen LogP contribution in [0.2, 0.25) is 0 Å². The Labute approximate surface area is 90.3 Å². The van der Waals surface area contributed by atoms with E-state index in [1.54, 1.807) is 0 Å². The molecule has 0 aliphatic rings. The van der Waals surface area contributed by atoms with Gasteiger partial charge in [-0.25, -0.2) is 0 Å². The van der Waals surface area contributed by atoms with Crippen LogP contribution in [0.5, 0.6) is 0 Å².